The molecular weight excluding hydrogens is 285 g/mol. The van der Waals surface area contributed by atoms with Crippen molar-refractivity contribution < 1.29 is 34.6 Å². The van der Waals surface area contributed by atoms with Crippen LogP contribution in [-0.2, 0) is 7.90 Å². The number of hydrogen-bond acceptors (Lipinski definition) is 4. The third-order valence-electron chi connectivity index (χ3n) is 1.47. The summed E-state index contributed by atoms with van der Waals surface area (Å²) in [5, 5.41) is 10.8. The molecule has 0 radical (unpaired) electrons. The van der Waals surface area contributed by atoms with Gasteiger partial charge in [-0.1, -0.05) is 0 Å². The van der Waals surface area contributed by atoms with Crippen LogP contribution in [0.15, 0.2) is 0 Å². The molecule has 0 aliphatic rings. The first-order valence-corrected chi connectivity index (χ1v) is 7.31. The van der Waals surface area contributed by atoms with Gasteiger partial charge in [-0.25, -0.2) is 0 Å². The molecule has 0 rings (SSSR count). The van der Waals surface area contributed by atoms with Gasteiger partial charge in [-0.05, 0) is 0 Å². The average Bonchev–Trinajstić information content (AvgIpc) is 2.00. The van der Waals surface area contributed by atoms with Crippen LogP contribution in [0, 0.1) is 0 Å². The summed E-state index contributed by atoms with van der Waals surface area (Å²) in [6.07, 6.45) is 0.256. The molecule has 0 heterocycles. The molecule has 0 fully saturated rings. The van der Waals surface area contributed by atoms with Gasteiger partial charge in [-0.3, -0.25) is 0 Å². The standard InChI is InChI=1S/C8H19INO3/c1-7(12-8(2)11)5-6-10(4)13-9-3/h7-8,11H,5-6H2,1-4H3/q-1. The first kappa shape index (κ1) is 13.6. The summed E-state index contributed by atoms with van der Waals surface area (Å²) in [5.74, 6) is 0. The van der Waals surface area contributed by atoms with E-state index in [0.29, 0.717) is 0 Å². The Morgan fingerprint density at radius 2 is 2.08 bits per heavy atom. The van der Waals surface area contributed by atoms with Crippen LogP contribution in [0.4, 0.5) is 0 Å². The van der Waals surface area contributed by atoms with Crippen molar-refractivity contribution in [2.45, 2.75) is 32.7 Å². The summed E-state index contributed by atoms with van der Waals surface area (Å²) in [4.78, 5) is 2.06. The topological polar surface area (TPSA) is 41.9 Å². The third kappa shape index (κ3) is 8.89. The van der Waals surface area contributed by atoms with E-state index < -0.39 is 6.29 Å². The number of ether oxygens (including phenoxy) is 1. The van der Waals surface area contributed by atoms with E-state index in [4.69, 9.17) is 13.0 Å². The second-order valence-corrected chi connectivity index (χ2v) is 4.18. The molecule has 0 aromatic rings. The molecule has 4 nitrogen and oxygen atoms in total. The molecule has 5 heteroatoms. The molecule has 0 saturated heterocycles. The number of nitrogens with zero attached hydrogens (tertiary/aromatic N) is 1. The number of aliphatic hydroxyl groups is 1. The van der Waals surface area contributed by atoms with Gasteiger partial charge in [-0.15, -0.1) is 0 Å². The van der Waals surface area contributed by atoms with Crippen LogP contribution in [-0.4, -0.2) is 41.1 Å². The number of rotatable bonds is 7. The number of aliphatic hydroxyl groups excluding tert-OH is 1. The molecule has 0 aromatic heterocycles. The normalized spacial score (nSPS) is 16.5. The molecule has 0 amide bonds. The van der Waals surface area contributed by atoms with E-state index in [0.717, 1.165) is 13.0 Å². The molecule has 0 aliphatic carbocycles. The van der Waals surface area contributed by atoms with Crippen molar-refractivity contribution in [2.75, 3.05) is 18.5 Å². The Kier molecular flexibility index (Phi) is 8.27. The van der Waals surface area contributed by atoms with Crippen molar-refractivity contribution in [1.82, 2.24) is 5.06 Å². The van der Waals surface area contributed by atoms with E-state index >= 15 is 0 Å². The third-order valence-corrected chi connectivity index (χ3v) is 2.53. The van der Waals surface area contributed by atoms with Crippen molar-refractivity contribution in [1.29, 1.82) is 0 Å². The van der Waals surface area contributed by atoms with Crippen molar-refractivity contribution in [3.8, 4) is 0 Å². The molecule has 82 valence electrons. The van der Waals surface area contributed by atoms with E-state index in [-0.39, 0.29) is 27.7 Å². The van der Waals surface area contributed by atoms with E-state index in [1.54, 1.807) is 6.92 Å². The van der Waals surface area contributed by atoms with Gasteiger partial charge < -0.3 is 0 Å². The van der Waals surface area contributed by atoms with Crippen LogP contribution in [0.2, 0.25) is 0 Å². The Morgan fingerprint density at radius 1 is 1.46 bits per heavy atom. The fraction of sp³-hybridized carbons (Fsp3) is 1.00. The van der Waals surface area contributed by atoms with Crippen LogP contribution in [0.5, 0.6) is 0 Å². The summed E-state index contributed by atoms with van der Waals surface area (Å²) < 4.78 is 10.5. The maximum absolute atomic E-state index is 8.93. The zero-order valence-corrected chi connectivity index (χ0v) is 10.8. The molecule has 13 heavy (non-hydrogen) atoms. The Morgan fingerprint density at radius 3 is 2.54 bits per heavy atom. The summed E-state index contributed by atoms with van der Waals surface area (Å²) >= 11 is -0.147. The Hall–Kier alpha value is 0.570. The Bertz CT molecular complexity index is 124. The fourth-order valence-electron chi connectivity index (χ4n) is 0.920. The number of hydroxylamine groups is 2. The summed E-state index contributed by atoms with van der Waals surface area (Å²) in [6.45, 7) is 4.40. The van der Waals surface area contributed by atoms with Gasteiger partial charge in [0, 0.05) is 0 Å². The van der Waals surface area contributed by atoms with Crippen molar-refractivity contribution in [3.05, 3.63) is 0 Å². The molecule has 0 spiro atoms. The Labute approximate surface area is 91.0 Å². The molecular formula is C8H19INO3-. The maximum atomic E-state index is 8.93. The SMILES string of the molecule is C[I-]ON(C)CCC(C)OC(C)O. The summed E-state index contributed by atoms with van der Waals surface area (Å²) in [6, 6.07) is 0. The minimum atomic E-state index is -0.681. The average molecular weight is 304 g/mol. The zero-order valence-electron chi connectivity index (χ0n) is 8.66. The first-order valence-electron chi connectivity index (χ1n) is 4.27. The second kappa shape index (κ2) is 7.93. The summed E-state index contributed by atoms with van der Waals surface area (Å²) in [7, 11) is 1.91. The van der Waals surface area contributed by atoms with E-state index in [1.807, 2.05) is 19.0 Å². The zero-order chi connectivity index (χ0) is 10.3. The van der Waals surface area contributed by atoms with Gasteiger partial charge >= 0.3 is 90.9 Å². The molecule has 0 bridgehead atoms. The van der Waals surface area contributed by atoms with Crippen LogP contribution < -0.4 is 21.6 Å². The van der Waals surface area contributed by atoms with Gasteiger partial charge in [0.2, 0.25) is 0 Å². The van der Waals surface area contributed by atoms with Crippen LogP contribution in [0.3, 0.4) is 0 Å². The first-order chi connectivity index (χ1) is 6.06. The van der Waals surface area contributed by atoms with Gasteiger partial charge in [-0.2, -0.15) is 0 Å². The quantitative estimate of drug-likeness (QED) is 0.247. The van der Waals surface area contributed by atoms with Crippen LogP contribution in [0.1, 0.15) is 20.3 Å². The van der Waals surface area contributed by atoms with E-state index in [1.165, 1.54) is 0 Å². The van der Waals surface area contributed by atoms with Gasteiger partial charge in [0.15, 0.2) is 0 Å². The fourth-order valence-corrected chi connectivity index (χ4v) is 1.79. The van der Waals surface area contributed by atoms with Gasteiger partial charge in [0.05, 0.1) is 0 Å². The predicted molar refractivity (Wildman–Crippen MR) is 46.5 cm³/mol. The predicted octanol–water partition coefficient (Wildman–Crippen LogP) is -2.38. The number of halogens is 1. The molecule has 2 atom stereocenters. The minimum absolute atomic E-state index is 0.0705. The molecule has 2 unspecified atom stereocenters. The molecule has 0 aromatic carbocycles. The second-order valence-electron chi connectivity index (χ2n) is 2.91. The van der Waals surface area contributed by atoms with Crippen molar-refractivity contribution >= 4 is 0 Å². The summed E-state index contributed by atoms with van der Waals surface area (Å²) in [5.41, 5.74) is 0. The van der Waals surface area contributed by atoms with E-state index in [9.17, 15) is 0 Å². The van der Waals surface area contributed by atoms with Gasteiger partial charge in [0.25, 0.3) is 0 Å². The molecule has 1 N–H and O–H groups in total. The molecule has 0 aliphatic heterocycles. The Balaban J connectivity index is 3.40. The van der Waals surface area contributed by atoms with E-state index in [2.05, 4.69) is 4.93 Å². The number of hydrogen-bond donors (Lipinski definition) is 1. The number of alkyl halides is 1. The molecule has 0 saturated carbocycles. The van der Waals surface area contributed by atoms with Crippen molar-refractivity contribution in [3.63, 3.8) is 0 Å². The van der Waals surface area contributed by atoms with Crippen molar-refractivity contribution in [2.24, 2.45) is 0 Å². The van der Waals surface area contributed by atoms with Crippen LogP contribution in [0.25, 0.3) is 0 Å². The van der Waals surface area contributed by atoms with Gasteiger partial charge in [0.1, 0.15) is 0 Å². The monoisotopic (exact) mass is 304 g/mol. The van der Waals surface area contributed by atoms with Crippen LogP contribution >= 0.6 is 0 Å².